The third-order valence-electron chi connectivity index (χ3n) is 7.45. The summed E-state index contributed by atoms with van der Waals surface area (Å²) in [5.41, 5.74) is 7.07. The van der Waals surface area contributed by atoms with Crippen molar-refractivity contribution >= 4 is 23.2 Å². The zero-order valence-corrected chi connectivity index (χ0v) is 26.4. The van der Waals surface area contributed by atoms with Crippen molar-refractivity contribution in [1.82, 2.24) is 0 Å². The van der Waals surface area contributed by atoms with Gasteiger partial charge in [0, 0.05) is 24.0 Å². The van der Waals surface area contributed by atoms with Gasteiger partial charge in [-0.1, -0.05) is 98.7 Å². The lowest BCUT2D eigenvalue weighted by atomic mass is 9.81. The van der Waals surface area contributed by atoms with Gasteiger partial charge in [-0.05, 0) is 55.2 Å². The van der Waals surface area contributed by atoms with E-state index in [2.05, 4.69) is 62.3 Å². The largest absolute Gasteiger partial charge is 0.507 e. The molecule has 0 spiro atoms. The molecule has 0 heterocycles. The van der Waals surface area contributed by atoms with Gasteiger partial charge in [0.2, 0.25) is 0 Å². The van der Waals surface area contributed by atoms with Gasteiger partial charge in [0.05, 0.1) is 11.8 Å². The number of aromatic hydroxyl groups is 3. The molecule has 0 aliphatic rings. The monoisotopic (exact) mass is 570 g/mol. The molecule has 3 nitrogen and oxygen atoms in total. The smallest absolute Gasteiger partial charge is 0.123 e. The molecule has 0 radical (unpaired) electrons. The molecule has 0 aliphatic carbocycles. The molecule has 3 rings (SSSR count). The standard InChI is InChI=1S/C34H44Cl2O3/c1-32(2,3)26-12-20(10-22-14-27(33(4,5)6)16-24(18-35)30(22)38)29(37)21(13-26)11-23-15-28(34(7,8)9)17-25(19-36)31(23)39/h12-17,37-39H,10-11,18-19H2,1-9H3. The molecular weight excluding hydrogens is 527 g/mol. The predicted octanol–water partition coefficient (Wildman–Crippen LogP) is 9.36. The molecule has 39 heavy (non-hydrogen) atoms. The molecule has 3 aromatic carbocycles. The number of phenolic OH excluding ortho intramolecular Hbond substituents is 3. The molecular formula is C34H44Cl2O3. The molecule has 0 aromatic heterocycles. The Labute approximate surface area is 244 Å². The van der Waals surface area contributed by atoms with E-state index in [0.717, 1.165) is 38.9 Å². The van der Waals surface area contributed by atoms with E-state index in [9.17, 15) is 15.3 Å². The fraction of sp³-hybridized carbons (Fsp3) is 0.471. The average molecular weight is 572 g/mol. The fourth-order valence-electron chi connectivity index (χ4n) is 4.73. The first kappa shape index (κ1) is 31.2. The van der Waals surface area contributed by atoms with Crippen molar-refractivity contribution < 1.29 is 15.3 Å². The molecule has 0 saturated heterocycles. The summed E-state index contributed by atoms with van der Waals surface area (Å²) in [5.74, 6) is 0.913. The highest BCUT2D eigenvalue weighted by Gasteiger charge is 2.24. The van der Waals surface area contributed by atoms with Crippen molar-refractivity contribution in [2.45, 2.75) is 103 Å². The topological polar surface area (TPSA) is 60.7 Å². The minimum absolute atomic E-state index is 0.126. The first-order valence-electron chi connectivity index (χ1n) is 13.5. The maximum Gasteiger partial charge on any atom is 0.123 e. The Morgan fingerprint density at radius 1 is 0.436 bits per heavy atom. The quantitative estimate of drug-likeness (QED) is 0.258. The van der Waals surface area contributed by atoms with Crippen molar-refractivity contribution in [3.63, 3.8) is 0 Å². The third-order valence-corrected chi connectivity index (χ3v) is 8.03. The second-order valence-electron chi connectivity index (χ2n) is 13.8. The van der Waals surface area contributed by atoms with Crippen LogP contribution in [0.1, 0.15) is 112 Å². The lowest BCUT2D eigenvalue weighted by Crippen LogP contribution is -2.14. The van der Waals surface area contributed by atoms with E-state index in [1.54, 1.807) is 0 Å². The second kappa shape index (κ2) is 11.3. The second-order valence-corrected chi connectivity index (χ2v) is 14.3. The first-order valence-corrected chi connectivity index (χ1v) is 14.6. The van der Waals surface area contributed by atoms with E-state index in [-0.39, 0.29) is 45.3 Å². The van der Waals surface area contributed by atoms with Crippen LogP contribution in [0, 0.1) is 0 Å². The molecule has 0 fully saturated rings. The molecule has 3 N–H and O–H groups in total. The van der Waals surface area contributed by atoms with Crippen molar-refractivity contribution in [1.29, 1.82) is 0 Å². The van der Waals surface area contributed by atoms with Gasteiger partial charge in [0.15, 0.2) is 0 Å². The summed E-state index contributed by atoms with van der Waals surface area (Å²) in [5, 5.41) is 33.7. The molecule has 0 amide bonds. The third kappa shape index (κ3) is 7.05. The summed E-state index contributed by atoms with van der Waals surface area (Å²) in [6.07, 6.45) is 0.701. The summed E-state index contributed by atoms with van der Waals surface area (Å²) < 4.78 is 0. The Hall–Kier alpha value is -2.36. The summed E-state index contributed by atoms with van der Waals surface area (Å²) in [6.45, 7) is 19.2. The average Bonchev–Trinajstić information content (AvgIpc) is 2.81. The lowest BCUT2D eigenvalue weighted by molar-refractivity contribution is 0.453. The summed E-state index contributed by atoms with van der Waals surface area (Å²) in [7, 11) is 0. The Morgan fingerprint density at radius 2 is 0.641 bits per heavy atom. The van der Waals surface area contributed by atoms with Crippen LogP contribution in [0.25, 0.3) is 0 Å². The lowest BCUT2D eigenvalue weighted by Gasteiger charge is -2.25. The van der Waals surface area contributed by atoms with Gasteiger partial charge in [0.25, 0.3) is 0 Å². The van der Waals surface area contributed by atoms with Crippen LogP contribution in [-0.4, -0.2) is 15.3 Å². The molecule has 0 bridgehead atoms. The Kier molecular flexibility index (Phi) is 9.00. The molecule has 0 atom stereocenters. The highest BCUT2D eigenvalue weighted by molar-refractivity contribution is 6.17. The van der Waals surface area contributed by atoms with Crippen LogP contribution < -0.4 is 0 Å². The Morgan fingerprint density at radius 3 is 0.846 bits per heavy atom. The minimum Gasteiger partial charge on any atom is -0.507 e. The summed E-state index contributed by atoms with van der Waals surface area (Å²) in [6, 6.07) is 12.0. The summed E-state index contributed by atoms with van der Waals surface area (Å²) >= 11 is 12.4. The van der Waals surface area contributed by atoms with Crippen LogP contribution in [-0.2, 0) is 40.8 Å². The maximum atomic E-state index is 11.6. The van der Waals surface area contributed by atoms with E-state index in [0.29, 0.717) is 24.0 Å². The van der Waals surface area contributed by atoms with Crippen LogP contribution in [0.3, 0.4) is 0 Å². The van der Waals surface area contributed by atoms with Crippen LogP contribution in [0.15, 0.2) is 36.4 Å². The number of hydrogen-bond donors (Lipinski definition) is 3. The van der Waals surface area contributed by atoms with Crippen LogP contribution >= 0.6 is 23.2 Å². The SMILES string of the molecule is CC(C)(C)c1cc(CCl)c(O)c(Cc2cc(C(C)(C)C)cc(Cc3cc(C(C)(C)C)cc(CCl)c3O)c2O)c1. The molecule has 5 heteroatoms. The number of halogens is 2. The van der Waals surface area contributed by atoms with Gasteiger partial charge >= 0.3 is 0 Å². The van der Waals surface area contributed by atoms with Gasteiger partial charge in [-0.15, -0.1) is 23.2 Å². The Bertz CT molecular complexity index is 1260. The van der Waals surface area contributed by atoms with E-state index in [1.807, 2.05) is 36.4 Å². The van der Waals surface area contributed by atoms with Gasteiger partial charge in [-0.3, -0.25) is 0 Å². The number of benzene rings is 3. The molecule has 0 unspecified atom stereocenters. The zero-order chi connectivity index (χ0) is 29.5. The number of hydrogen-bond acceptors (Lipinski definition) is 3. The zero-order valence-electron chi connectivity index (χ0n) is 24.9. The summed E-state index contributed by atoms with van der Waals surface area (Å²) in [4.78, 5) is 0. The van der Waals surface area contributed by atoms with Crippen molar-refractivity contribution in [3.05, 3.63) is 86.5 Å². The van der Waals surface area contributed by atoms with Gasteiger partial charge in [0.1, 0.15) is 17.2 Å². The van der Waals surface area contributed by atoms with E-state index < -0.39 is 0 Å². The molecule has 0 aliphatic heterocycles. The van der Waals surface area contributed by atoms with Gasteiger partial charge in [-0.2, -0.15) is 0 Å². The normalized spacial score (nSPS) is 12.7. The Balaban J connectivity index is 2.20. The van der Waals surface area contributed by atoms with Crippen LogP contribution in [0.2, 0.25) is 0 Å². The highest BCUT2D eigenvalue weighted by atomic mass is 35.5. The van der Waals surface area contributed by atoms with Crippen molar-refractivity contribution in [2.24, 2.45) is 0 Å². The molecule has 212 valence electrons. The van der Waals surface area contributed by atoms with Gasteiger partial charge in [-0.25, -0.2) is 0 Å². The van der Waals surface area contributed by atoms with E-state index in [1.165, 1.54) is 0 Å². The van der Waals surface area contributed by atoms with Crippen LogP contribution in [0.5, 0.6) is 17.2 Å². The first-order chi connectivity index (χ1) is 17.9. The number of phenols is 3. The van der Waals surface area contributed by atoms with E-state index in [4.69, 9.17) is 23.2 Å². The van der Waals surface area contributed by atoms with Gasteiger partial charge < -0.3 is 15.3 Å². The van der Waals surface area contributed by atoms with E-state index >= 15 is 0 Å². The highest BCUT2D eigenvalue weighted by Crippen LogP contribution is 2.40. The number of rotatable bonds is 6. The molecule has 0 saturated carbocycles. The molecule has 3 aromatic rings. The van der Waals surface area contributed by atoms with Crippen molar-refractivity contribution in [2.75, 3.05) is 0 Å². The van der Waals surface area contributed by atoms with Crippen molar-refractivity contribution in [3.8, 4) is 17.2 Å². The number of alkyl halides is 2. The minimum atomic E-state index is -0.176. The maximum absolute atomic E-state index is 11.6. The fourth-order valence-corrected chi connectivity index (χ4v) is 5.14. The predicted molar refractivity (Wildman–Crippen MR) is 165 cm³/mol. The van der Waals surface area contributed by atoms with Crippen LogP contribution in [0.4, 0.5) is 0 Å².